The molecule has 2 heterocycles. The molecule has 0 saturated heterocycles. The molecule has 14 heavy (non-hydrogen) atoms. The summed E-state index contributed by atoms with van der Waals surface area (Å²) in [4.78, 5) is 11.1. The molecule has 0 bridgehead atoms. The normalized spacial score (nSPS) is 10.4. The Morgan fingerprint density at radius 3 is 3.07 bits per heavy atom. The molecule has 0 aromatic carbocycles. The quantitative estimate of drug-likeness (QED) is 0.674. The fourth-order valence-electron chi connectivity index (χ4n) is 1.17. The third kappa shape index (κ3) is 1.44. The molecule has 0 radical (unpaired) electrons. The molecule has 0 unspecified atom stereocenters. The summed E-state index contributed by atoms with van der Waals surface area (Å²) in [6.45, 7) is 0. The van der Waals surface area contributed by atoms with Gasteiger partial charge in [-0.3, -0.25) is 0 Å². The molecule has 0 aliphatic carbocycles. The zero-order valence-electron chi connectivity index (χ0n) is 7.40. The summed E-state index contributed by atoms with van der Waals surface area (Å²) in [5.74, 6) is -0.454. The highest BCUT2D eigenvalue weighted by atomic mass is 35.5. The highest BCUT2D eigenvalue weighted by molar-refractivity contribution is 6.30. The Bertz CT molecular complexity index is 493. The molecule has 0 fully saturated rings. The summed E-state index contributed by atoms with van der Waals surface area (Å²) in [5.41, 5.74) is 1.07. The molecule has 0 amide bonds. The SMILES string of the molecule is COC(=O)c1cc2ccc(Cl)cn2n1. The van der Waals surface area contributed by atoms with Crippen molar-refractivity contribution in [2.24, 2.45) is 0 Å². The van der Waals surface area contributed by atoms with Crippen molar-refractivity contribution < 1.29 is 9.53 Å². The molecule has 0 N–H and O–H groups in total. The Morgan fingerprint density at radius 1 is 1.57 bits per heavy atom. The van der Waals surface area contributed by atoms with E-state index < -0.39 is 5.97 Å². The smallest absolute Gasteiger partial charge is 0.358 e. The summed E-state index contributed by atoms with van der Waals surface area (Å²) in [6, 6.07) is 5.16. The molecule has 0 aliphatic heterocycles. The van der Waals surface area contributed by atoms with Crippen molar-refractivity contribution in [1.29, 1.82) is 0 Å². The van der Waals surface area contributed by atoms with Crippen molar-refractivity contribution in [3.05, 3.63) is 35.1 Å². The molecular weight excluding hydrogens is 204 g/mol. The van der Waals surface area contributed by atoms with Gasteiger partial charge in [0.25, 0.3) is 0 Å². The van der Waals surface area contributed by atoms with Crippen molar-refractivity contribution in [2.75, 3.05) is 7.11 Å². The Morgan fingerprint density at radius 2 is 2.36 bits per heavy atom. The number of esters is 1. The van der Waals surface area contributed by atoms with Crippen LogP contribution in [0.4, 0.5) is 0 Å². The highest BCUT2D eigenvalue weighted by Gasteiger charge is 2.10. The maximum atomic E-state index is 11.1. The van der Waals surface area contributed by atoms with Crippen molar-refractivity contribution in [2.45, 2.75) is 0 Å². The summed E-state index contributed by atoms with van der Waals surface area (Å²) in [7, 11) is 1.32. The van der Waals surface area contributed by atoms with E-state index in [2.05, 4.69) is 9.84 Å². The number of halogens is 1. The summed E-state index contributed by atoms with van der Waals surface area (Å²) >= 11 is 5.76. The minimum Gasteiger partial charge on any atom is -0.464 e. The van der Waals surface area contributed by atoms with E-state index in [-0.39, 0.29) is 5.69 Å². The predicted octanol–water partition coefficient (Wildman–Crippen LogP) is 1.77. The first-order chi connectivity index (χ1) is 6.70. The molecule has 0 aliphatic rings. The second-order valence-corrected chi connectivity index (χ2v) is 3.17. The summed E-state index contributed by atoms with van der Waals surface area (Å²) in [6.07, 6.45) is 1.63. The topological polar surface area (TPSA) is 43.6 Å². The van der Waals surface area contributed by atoms with Gasteiger partial charge in [-0.1, -0.05) is 11.6 Å². The second-order valence-electron chi connectivity index (χ2n) is 2.74. The predicted molar refractivity (Wildman–Crippen MR) is 51.5 cm³/mol. The van der Waals surface area contributed by atoms with Crippen LogP contribution < -0.4 is 0 Å². The number of hydrogen-bond donors (Lipinski definition) is 0. The van der Waals surface area contributed by atoms with Crippen LogP contribution in [0.25, 0.3) is 5.52 Å². The van der Waals surface area contributed by atoms with Crippen LogP contribution in [0.3, 0.4) is 0 Å². The van der Waals surface area contributed by atoms with E-state index in [0.29, 0.717) is 5.02 Å². The standard InChI is InChI=1S/C9H7ClN2O2/c1-14-9(13)8-4-7-3-2-6(10)5-12(7)11-8/h2-5H,1H3. The van der Waals surface area contributed by atoms with Crippen LogP contribution in [0.2, 0.25) is 5.02 Å². The Balaban J connectivity index is 2.56. The fourth-order valence-corrected chi connectivity index (χ4v) is 1.32. The van der Waals surface area contributed by atoms with Gasteiger partial charge in [-0.25, -0.2) is 9.31 Å². The van der Waals surface area contributed by atoms with Gasteiger partial charge in [0.1, 0.15) is 0 Å². The molecule has 5 heteroatoms. The molecule has 0 saturated carbocycles. The van der Waals surface area contributed by atoms with Crippen LogP contribution in [0.1, 0.15) is 10.5 Å². The molecule has 0 atom stereocenters. The lowest BCUT2D eigenvalue weighted by Gasteiger charge is -1.92. The molecule has 2 rings (SSSR count). The number of carbonyl (C=O) groups excluding carboxylic acids is 1. The number of carbonyl (C=O) groups is 1. The lowest BCUT2D eigenvalue weighted by molar-refractivity contribution is 0.0593. The van der Waals surface area contributed by atoms with Crippen LogP contribution in [0.15, 0.2) is 24.4 Å². The first-order valence-electron chi connectivity index (χ1n) is 3.94. The largest absolute Gasteiger partial charge is 0.464 e. The number of hydrogen-bond acceptors (Lipinski definition) is 3. The lowest BCUT2D eigenvalue weighted by Crippen LogP contribution is -2.01. The number of fused-ring (bicyclic) bond motifs is 1. The Hall–Kier alpha value is -1.55. The van der Waals surface area contributed by atoms with E-state index in [0.717, 1.165) is 5.52 Å². The zero-order chi connectivity index (χ0) is 10.1. The van der Waals surface area contributed by atoms with Gasteiger partial charge in [-0.15, -0.1) is 0 Å². The Labute approximate surface area is 85.0 Å². The molecule has 0 spiro atoms. The van der Waals surface area contributed by atoms with Gasteiger partial charge in [-0.05, 0) is 18.2 Å². The fraction of sp³-hybridized carbons (Fsp3) is 0.111. The van der Waals surface area contributed by atoms with Crippen molar-refractivity contribution in [1.82, 2.24) is 9.61 Å². The van der Waals surface area contributed by atoms with Crippen LogP contribution >= 0.6 is 11.6 Å². The molecule has 72 valence electrons. The van der Waals surface area contributed by atoms with Gasteiger partial charge in [0, 0.05) is 6.20 Å². The Kier molecular flexibility index (Phi) is 2.13. The monoisotopic (exact) mass is 210 g/mol. The third-order valence-electron chi connectivity index (χ3n) is 1.82. The minimum atomic E-state index is -0.454. The number of ether oxygens (including phenoxy) is 1. The number of methoxy groups -OCH3 is 1. The van der Waals surface area contributed by atoms with E-state index >= 15 is 0 Å². The average molecular weight is 211 g/mol. The number of rotatable bonds is 1. The van der Waals surface area contributed by atoms with E-state index in [9.17, 15) is 4.79 Å². The van der Waals surface area contributed by atoms with E-state index in [1.165, 1.54) is 11.6 Å². The van der Waals surface area contributed by atoms with E-state index in [1.54, 1.807) is 24.4 Å². The number of pyridine rings is 1. The summed E-state index contributed by atoms with van der Waals surface area (Å²) in [5, 5.41) is 4.57. The zero-order valence-corrected chi connectivity index (χ0v) is 8.15. The molecule has 2 aromatic rings. The first-order valence-corrected chi connectivity index (χ1v) is 4.32. The van der Waals surface area contributed by atoms with Gasteiger partial charge in [0.2, 0.25) is 0 Å². The second kappa shape index (κ2) is 3.31. The average Bonchev–Trinajstić information content (AvgIpc) is 2.59. The molecule has 2 aromatic heterocycles. The van der Waals surface area contributed by atoms with Crippen LogP contribution in [0.5, 0.6) is 0 Å². The maximum Gasteiger partial charge on any atom is 0.358 e. The third-order valence-corrected chi connectivity index (χ3v) is 2.04. The van der Waals surface area contributed by atoms with Gasteiger partial charge < -0.3 is 4.74 Å². The van der Waals surface area contributed by atoms with Crippen molar-refractivity contribution in [3.63, 3.8) is 0 Å². The molecule has 4 nitrogen and oxygen atoms in total. The minimum absolute atomic E-state index is 0.273. The highest BCUT2D eigenvalue weighted by Crippen LogP contribution is 2.12. The van der Waals surface area contributed by atoms with Gasteiger partial charge in [0.15, 0.2) is 5.69 Å². The van der Waals surface area contributed by atoms with Gasteiger partial charge in [-0.2, -0.15) is 5.10 Å². The number of nitrogens with zero attached hydrogens (tertiary/aromatic N) is 2. The summed E-state index contributed by atoms with van der Waals surface area (Å²) < 4.78 is 6.08. The van der Waals surface area contributed by atoms with Crippen molar-refractivity contribution in [3.8, 4) is 0 Å². The first kappa shape index (κ1) is 9.02. The lowest BCUT2D eigenvalue weighted by atomic mass is 10.3. The maximum absolute atomic E-state index is 11.1. The van der Waals surface area contributed by atoms with Gasteiger partial charge in [0.05, 0.1) is 17.6 Å². The van der Waals surface area contributed by atoms with E-state index in [1.807, 2.05) is 0 Å². The van der Waals surface area contributed by atoms with E-state index in [4.69, 9.17) is 11.6 Å². The molecular formula is C9H7ClN2O2. The van der Waals surface area contributed by atoms with Crippen LogP contribution in [-0.2, 0) is 4.74 Å². The van der Waals surface area contributed by atoms with Crippen molar-refractivity contribution >= 4 is 23.1 Å². The number of aromatic nitrogens is 2. The van der Waals surface area contributed by atoms with Gasteiger partial charge >= 0.3 is 5.97 Å². The van der Waals surface area contributed by atoms with Crippen LogP contribution in [0, 0.1) is 0 Å². The van der Waals surface area contributed by atoms with Crippen LogP contribution in [-0.4, -0.2) is 22.7 Å².